The van der Waals surface area contributed by atoms with Crippen LogP contribution in [0.1, 0.15) is 12.8 Å². The fourth-order valence-corrected chi connectivity index (χ4v) is 5.31. The lowest BCUT2D eigenvalue weighted by atomic mass is 9.96. The molecule has 0 N–H and O–H groups in total. The van der Waals surface area contributed by atoms with Gasteiger partial charge in [0.25, 0.3) is 0 Å². The first-order chi connectivity index (χ1) is 14.7. The topological polar surface area (TPSA) is 76.2 Å². The Hall–Kier alpha value is -2.36. The molecule has 0 aromatic heterocycles. The van der Waals surface area contributed by atoms with Gasteiger partial charge in [-0.1, -0.05) is 11.6 Å². The van der Waals surface area contributed by atoms with E-state index < -0.39 is 15.8 Å². The molecule has 0 atom stereocenters. The van der Waals surface area contributed by atoms with Gasteiger partial charge in [-0.15, -0.1) is 0 Å². The highest BCUT2D eigenvalue weighted by molar-refractivity contribution is 7.89. The number of nitrogens with zero attached hydrogens (tertiary/aromatic N) is 2. The van der Waals surface area contributed by atoms with Crippen molar-refractivity contribution in [3.05, 3.63) is 47.2 Å². The molecule has 0 radical (unpaired) electrons. The number of halogens is 2. The Balaban J connectivity index is 1.68. The van der Waals surface area contributed by atoms with Crippen molar-refractivity contribution in [2.45, 2.75) is 17.7 Å². The Morgan fingerprint density at radius 1 is 1.10 bits per heavy atom. The number of carbonyl (C=O) groups is 1. The number of hydrogen-bond acceptors (Lipinski definition) is 5. The zero-order chi connectivity index (χ0) is 22.8. The SMILES string of the molecule is COc1ccc(N(C)C(=O)C2CCN(S(=O)(=O)c3ccc(F)c(Cl)c3)CC2)cc1OC. The minimum absolute atomic E-state index is 0.0638. The largest absolute Gasteiger partial charge is 0.493 e. The molecule has 3 rings (SSSR count). The van der Waals surface area contributed by atoms with Crippen LogP contribution in [0.25, 0.3) is 0 Å². The third-order valence-electron chi connectivity index (χ3n) is 5.42. The predicted octanol–water partition coefficient (Wildman–Crippen LogP) is 3.56. The second-order valence-electron chi connectivity index (χ2n) is 7.19. The van der Waals surface area contributed by atoms with Crippen LogP contribution in [0.15, 0.2) is 41.3 Å². The van der Waals surface area contributed by atoms with Gasteiger partial charge in [-0.3, -0.25) is 4.79 Å². The van der Waals surface area contributed by atoms with Crippen LogP contribution in [0, 0.1) is 11.7 Å². The zero-order valence-corrected chi connectivity index (χ0v) is 19.0. The van der Waals surface area contributed by atoms with Crippen molar-refractivity contribution in [3.8, 4) is 11.5 Å². The summed E-state index contributed by atoms with van der Waals surface area (Å²) in [7, 11) is 0.919. The van der Waals surface area contributed by atoms with Gasteiger partial charge < -0.3 is 14.4 Å². The van der Waals surface area contributed by atoms with Crippen LogP contribution in [0.4, 0.5) is 10.1 Å². The highest BCUT2D eigenvalue weighted by Crippen LogP contribution is 2.33. The molecule has 0 spiro atoms. The number of benzene rings is 2. The quantitative estimate of drug-likeness (QED) is 0.645. The summed E-state index contributed by atoms with van der Waals surface area (Å²) in [6, 6.07) is 8.53. The Morgan fingerprint density at radius 3 is 2.32 bits per heavy atom. The van der Waals surface area contributed by atoms with Crippen molar-refractivity contribution < 1.29 is 27.1 Å². The molecule has 1 amide bonds. The minimum atomic E-state index is -3.81. The number of ether oxygens (including phenoxy) is 2. The number of hydrogen-bond donors (Lipinski definition) is 0. The Morgan fingerprint density at radius 2 is 1.74 bits per heavy atom. The number of methoxy groups -OCH3 is 2. The molecule has 2 aromatic rings. The van der Waals surface area contributed by atoms with Gasteiger partial charge in [0.05, 0.1) is 24.1 Å². The van der Waals surface area contributed by atoms with Crippen molar-refractivity contribution in [2.24, 2.45) is 5.92 Å². The Bertz CT molecular complexity index is 1070. The zero-order valence-electron chi connectivity index (χ0n) is 17.5. The van der Waals surface area contributed by atoms with Crippen LogP contribution in [0.3, 0.4) is 0 Å². The van der Waals surface area contributed by atoms with E-state index in [9.17, 15) is 17.6 Å². The summed E-state index contributed by atoms with van der Waals surface area (Å²) in [4.78, 5) is 14.5. The standard InChI is InChI=1S/C21H24ClFN2O5S/c1-24(15-4-7-19(29-2)20(12-15)30-3)21(26)14-8-10-25(11-9-14)31(27,28)16-5-6-18(23)17(22)13-16/h4-7,12-14H,8-11H2,1-3H3. The molecule has 7 nitrogen and oxygen atoms in total. The van der Waals surface area contributed by atoms with Gasteiger partial charge in [-0.2, -0.15) is 4.31 Å². The summed E-state index contributed by atoms with van der Waals surface area (Å²) in [5, 5.41) is -0.248. The minimum Gasteiger partial charge on any atom is -0.493 e. The van der Waals surface area contributed by atoms with Gasteiger partial charge in [-0.25, -0.2) is 12.8 Å². The number of rotatable bonds is 6. The normalized spacial score (nSPS) is 15.5. The lowest BCUT2D eigenvalue weighted by Crippen LogP contribution is -2.43. The van der Waals surface area contributed by atoms with E-state index >= 15 is 0 Å². The summed E-state index contributed by atoms with van der Waals surface area (Å²) in [5.74, 6) is -0.0244. The average molecular weight is 471 g/mol. The second-order valence-corrected chi connectivity index (χ2v) is 9.54. The van der Waals surface area contributed by atoms with E-state index in [1.54, 1.807) is 25.2 Å². The molecule has 2 aromatic carbocycles. The molecule has 0 unspecified atom stereocenters. The maximum Gasteiger partial charge on any atom is 0.243 e. The van der Waals surface area contributed by atoms with Crippen molar-refractivity contribution >= 4 is 33.2 Å². The van der Waals surface area contributed by atoms with Crippen molar-refractivity contribution in [1.29, 1.82) is 0 Å². The van der Waals surface area contributed by atoms with E-state index in [0.717, 1.165) is 12.1 Å². The number of piperidine rings is 1. The first kappa shape index (κ1) is 23.3. The van der Waals surface area contributed by atoms with Crippen LogP contribution in [-0.4, -0.2) is 53.0 Å². The van der Waals surface area contributed by atoms with Gasteiger partial charge in [0.1, 0.15) is 5.82 Å². The molecule has 1 heterocycles. The molecule has 1 fully saturated rings. The van der Waals surface area contributed by atoms with Crippen LogP contribution in [0.2, 0.25) is 5.02 Å². The molecule has 0 bridgehead atoms. The molecule has 0 aliphatic carbocycles. The smallest absolute Gasteiger partial charge is 0.243 e. The summed E-state index contributed by atoms with van der Waals surface area (Å²) >= 11 is 5.73. The number of sulfonamides is 1. The van der Waals surface area contributed by atoms with Crippen LogP contribution >= 0.6 is 11.6 Å². The van der Waals surface area contributed by atoms with Crippen LogP contribution < -0.4 is 14.4 Å². The molecular weight excluding hydrogens is 447 g/mol. The van der Waals surface area contributed by atoms with E-state index in [-0.39, 0.29) is 34.8 Å². The van der Waals surface area contributed by atoms with E-state index in [2.05, 4.69) is 0 Å². The summed E-state index contributed by atoms with van der Waals surface area (Å²) in [6.07, 6.45) is 0.759. The monoisotopic (exact) mass is 470 g/mol. The van der Waals surface area contributed by atoms with Gasteiger partial charge in [0.15, 0.2) is 11.5 Å². The molecule has 10 heteroatoms. The van der Waals surface area contributed by atoms with E-state index in [0.29, 0.717) is 30.0 Å². The van der Waals surface area contributed by atoms with Gasteiger partial charge in [0, 0.05) is 37.8 Å². The maximum atomic E-state index is 13.4. The number of carbonyl (C=O) groups excluding carboxylic acids is 1. The third-order valence-corrected chi connectivity index (χ3v) is 7.60. The Kier molecular flexibility index (Phi) is 7.08. The number of amides is 1. The highest BCUT2D eigenvalue weighted by atomic mass is 35.5. The van der Waals surface area contributed by atoms with E-state index in [4.69, 9.17) is 21.1 Å². The first-order valence-electron chi connectivity index (χ1n) is 9.63. The van der Waals surface area contributed by atoms with Crippen molar-refractivity contribution in [1.82, 2.24) is 4.31 Å². The summed E-state index contributed by atoms with van der Waals surface area (Å²) < 4.78 is 50.9. The van der Waals surface area contributed by atoms with Crippen LogP contribution in [-0.2, 0) is 14.8 Å². The predicted molar refractivity (Wildman–Crippen MR) is 116 cm³/mol. The summed E-state index contributed by atoms with van der Waals surface area (Å²) in [5.41, 5.74) is 0.652. The maximum absolute atomic E-state index is 13.4. The molecule has 0 saturated carbocycles. The molecule has 1 aliphatic rings. The fourth-order valence-electron chi connectivity index (χ4n) is 3.56. The fraction of sp³-hybridized carbons (Fsp3) is 0.381. The molecule has 168 valence electrons. The molecular formula is C21H24ClFN2O5S. The third kappa shape index (κ3) is 4.78. The summed E-state index contributed by atoms with van der Waals surface area (Å²) in [6.45, 7) is 0.376. The highest BCUT2D eigenvalue weighted by Gasteiger charge is 2.33. The van der Waals surface area contributed by atoms with Gasteiger partial charge in [-0.05, 0) is 43.2 Å². The average Bonchev–Trinajstić information content (AvgIpc) is 2.79. The van der Waals surface area contributed by atoms with Crippen molar-refractivity contribution in [2.75, 3.05) is 39.3 Å². The van der Waals surface area contributed by atoms with Gasteiger partial charge in [0.2, 0.25) is 15.9 Å². The Labute approximate surface area is 186 Å². The second kappa shape index (κ2) is 9.42. The van der Waals surface area contributed by atoms with Crippen molar-refractivity contribution in [3.63, 3.8) is 0 Å². The van der Waals surface area contributed by atoms with E-state index in [1.165, 1.54) is 29.5 Å². The number of anilines is 1. The first-order valence-corrected chi connectivity index (χ1v) is 11.5. The molecule has 31 heavy (non-hydrogen) atoms. The van der Waals surface area contributed by atoms with Gasteiger partial charge >= 0.3 is 0 Å². The lowest BCUT2D eigenvalue weighted by molar-refractivity contribution is -0.123. The van der Waals surface area contributed by atoms with E-state index in [1.807, 2.05) is 0 Å². The lowest BCUT2D eigenvalue weighted by Gasteiger charge is -2.32. The molecule has 1 aliphatic heterocycles. The molecule has 1 saturated heterocycles. The van der Waals surface area contributed by atoms with Crippen LogP contribution in [0.5, 0.6) is 11.5 Å².